The van der Waals surface area contributed by atoms with Gasteiger partial charge in [-0.2, -0.15) is 0 Å². The van der Waals surface area contributed by atoms with Crippen LogP contribution in [0.3, 0.4) is 0 Å². The number of rotatable bonds is 3. The van der Waals surface area contributed by atoms with E-state index in [1.54, 1.807) is 36.4 Å². The highest BCUT2D eigenvalue weighted by atomic mass is 79.9. The molecule has 0 aliphatic heterocycles. The predicted molar refractivity (Wildman–Crippen MR) is 115 cm³/mol. The molecular formula is C23H16BrNO3. The van der Waals surface area contributed by atoms with Crippen molar-refractivity contribution in [2.24, 2.45) is 0 Å². The Hall–Kier alpha value is -3.18. The molecule has 0 saturated carbocycles. The van der Waals surface area contributed by atoms with E-state index in [9.17, 15) is 9.59 Å². The lowest BCUT2D eigenvalue weighted by molar-refractivity contribution is 0.102. The molecule has 5 heteroatoms. The van der Waals surface area contributed by atoms with E-state index < -0.39 is 0 Å². The van der Waals surface area contributed by atoms with Gasteiger partial charge in [-0.05, 0) is 58.7 Å². The molecule has 4 rings (SSSR count). The van der Waals surface area contributed by atoms with Gasteiger partial charge in [0.1, 0.15) is 11.3 Å². The number of carbonyl (C=O) groups excluding carboxylic acids is 1. The second kappa shape index (κ2) is 7.44. The number of hydrogen-bond donors (Lipinski definition) is 1. The van der Waals surface area contributed by atoms with Gasteiger partial charge in [-0.15, -0.1) is 0 Å². The Balaban J connectivity index is 1.70. The molecule has 3 aromatic carbocycles. The number of anilines is 1. The highest BCUT2D eigenvalue weighted by Crippen LogP contribution is 2.26. The number of aryl methyl sites for hydroxylation is 1. The van der Waals surface area contributed by atoms with E-state index in [2.05, 4.69) is 21.2 Å². The Bertz CT molecular complexity index is 1260. The summed E-state index contributed by atoms with van der Waals surface area (Å²) in [7, 11) is 0. The van der Waals surface area contributed by atoms with Gasteiger partial charge in [-0.25, -0.2) is 0 Å². The van der Waals surface area contributed by atoms with Crippen LogP contribution in [0.5, 0.6) is 0 Å². The molecule has 4 aromatic rings. The van der Waals surface area contributed by atoms with Crippen LogP contribution in [-0.4, -0.2) is 5.91 Å². The van der Waals surface area contributed by atoms with E-state index >= 15 is 0 Å². The highest BCUT2D eigenvalue weighted by molar-refractivity contribution is 9.10. The van der Waals surface area contributed by atoms with E-state index in [1.165, 1.54) is 6.07 Å². The van der Waals surface area contributed by atoms with Crippen LogP contribution in [0.4, 0.5) is 5.69 Å². The van der Waals surface area contributed by atoms with Gasteiger partial charge >= 0.3 is 0 Å². The summed E-state index contributed by atoms with van der Waals surface area (Å²) < 4.78 is 6.66. The van der Waals surface area contributed by atoms with Crippen molar-refractivity contribution in [2.75, 3.05) is 5.32 Å². The first-order valence-electron chi connectivity index (χ1n) is 8.73. The van der Waals surface area contributed by atoms with E-state index in [0.29, 0.717) is 32.5 Å². The molecule has 0 aliphatic rings. The zero-order chi connectivity index (χ0) is 19.7. The van der Waals surface area contributed by atoms with Crippen LogP contribution in [0.2, 0.25) is 0 Å². The van der Waals surface area contributed by atoms with Crippen LogP contribution in [0.1, 0.15) is 15.9 Å². The van der Waals surface area contributed by atoms with Crippen molar-refractivity contribution in [1.29, 1.82) is 0 Å². The van der Waals surface area contributed by atoms with Gasteiger partial charge in [0.2, 0.25) is 0 Å². The number of fused-ring (bicyclic) bond motifs is 1. The van der Waals surface area contributed by atoms with Crippen LogP contribution < -0.4 is 10.7 Å². The minimum Gasteiger partial charge on any atom is -0.456 e. The average molecular weight is 434 g/mol. The maximum absolute atomic E-state index is 12.7. The number of halogens is 1. The van der Waals surface area contributed by atoms with Crippen LogP contribution in [0.15, 0.2) is 86.5 Å². The Morgan fingerprint density at radius 3 is 2.50 bits per heavy atom. The molecule has 0 radical (unpaired) electrons. The first-order valence-corrected chi connectivity index (χ1v) is 9.52. The molecule has 1 N–H and O–H groups in total. The summed E-state index contributed by atoms with van der Waals surface area (Å²) in [6, 6.07) is 21.5. The Morgan fingerprint density at radius 2 is 1.71 bits per heavy atom. The van der Waals surface area contributed by atoms with Crippen molar-refractivity contribution in [3.63, 3.8) is 0 Å². The summed E-state index contributed by atoms with van der Waals surface area (Å²) in [6.45, 7) is 1.97. The summed E-state index contributed by atoms with van der Waals surface area (Å²) in [5.41, 5.74) is 3.28. The van der Waals surface area contributed by atoms with Crippen molar-refractivity contribution < 1.29 is 9.21 Å². The summed E-state index contributed by atoms with van der Waals surface area (Å²) in [5.74, 6) is 0.272. The molecule has 1 aromatic heterocycles. The zero-order valence-corrected chi connectivity index (χ0v) is 16.6. The van der Waals surface area contributed by atoms with Crippen LogP contribution in [-0.2, 0) is 0 Å². The van der Waals surface area contributed by atoms with E-state index in [1.807, 2.05) is 37.3 Å². The average Bonchev–Trinajstić information content (AvgIpc) is 2.69. The summed E-state index contributed by atoms with van der Waals surface area (Å²) in [4.78, 5) is 25.2. The molecule has 0 aliphatic carbocycles. The summed E-state index contributed by atoms with van der Waals surface area (Å²) in [5, 5.41) is 3.24. The van der Waals surface area contributed by atoms with Crippen LogP contribution in [0, 0.1) is 6.92 Å². The smallest absolute Gasteiger partial charge is 0.256 e. The molecule has 0 fully saturated rings. The van der Waals surface area contributed by atoms with Gasteiger partial charge in [0.05, 0.1) is 10.9 Å². The zero-order valence-electron chi connectivity index (χ0n) is 15.0. The molecule has 28 heavy (non-hydrogen) atoms. The molecule has 1 amide bonds. The lowest BCUT2D eigenvalue weighted by Gasteiger charge is -2.09. The third-order valence-corrected chi connectivity index (χ3v) is 5.21. The molecule has 138 valence electrons. The minimum absolute atomic E-state index is 0.156. The van der Waals surface area contributed by atoms with Gasteiger partial charge in [0, 0.05) is 21.8 Å². The Morgan fingerprint density at radius 1 is 0.964 bits per heavy atom. The molecule has 0 bridgehead atoms. The standard InChI is InChI=1S/C23H16BrNO3/c1-14-6-2-3-7-16(14)22-13-20(26)18-12-15(10-11-21(18)28-22)25-23(27)17-8-4-5-9-19(17)24/h2-13H,1H3,(H,25,27). The summed E-state index contributed by atoms with van der Waals surface area (Å²) in [6.07, 6.45) is 0. The van der Waals surface area contributed by atoms with E-state index in [4.69, 9.17) is 4.42 Å². The fourth-order valence-electron chi connectivity index (χ4n) is 3.06. The molecule has 0 unspecified atom stereocenters. The topological polar surface area (TPSA) is 59.3 Å². The van der Waals surface area contributed by atoms with E-state index in [0.717, 1.165) is 11.1 Å². The van der Waals surface area contributed by atoms with Crippen LogP contribution in [0.25, 0.3) is 22.3 Å². The lowest BCUT2D eigenvalue weighted by atomic mass is 10.1. The van der Waals surface area contributed by atoms with Crippen molar-refractivity contribution >= 4 is 38.5 Å². The lowest BCUT2D eigenvalue weighted by Crippen LogP contribution is -2.13. The van der Waals surface area contributed by atoms with Crippen LogP contribution >= 0.6 is 15.9 Å². The maximum Gasteiger partial charge on any atom is 0.256 e. The van der Waals surface area contributed by atoms with Crippen molar-refractivity contribution in [3.8, 4) is 11.3 Å². The first-order chi connectivity index (χ1) is 13.5. The number of carbonyl (C=O) groups is 1. The first kappa shape index (κ1) is 18.2. The molecular weight excluding hydrogens is 418 g/mol. The number of benzene rings is 3. The van der Waals surface area contributed by atoms with Gasteiger partial charge in [0.15, 0.2) is 5.43 Å². The number of hydrogen-bond acceptors (Lipinski definition) is 3. The number of nitrogens with one attached hydrogen (secondary N) is 1. The van der Waals surface area contributed by atoms with Crippen molar-refractivity contribution in [3.05, 3.63) is 98.6 Å². The van der Waals surface area contributed by atoms with Gasteiger partial charge in [0.25, 0.3) is 5.91 Å². The second-order valence-corrected chi connectivity index (χ2v) is 7.29. The fourth-order valence-corrected chi connectivity index (χ4v) is 3.52. The summed E-state index contributed by atoms with van der Waals surface area (Å²) >= 11 is 3.37. The molecule has 0 atom stereocenters. The highest BCUT2D eigenvalue weighted by Gasteiger charge is 2.12. The largest absolute Gasteiger partial charge is 0.456 e. The maximum atomic E-state index is 12.7. The molecule has 0 saturated heterocycles. The fraction of sp³-hybridized carbons (Fsp3) is 0.0435. The minimum atomic E-state index is -0.257. The SMILES string of the molecule is Cc1ccccc1-c1cc(=O)c2cc(NC(=O)c3ccccc3Br)ccc2o1. The third kappa shape index (κ3) is 3.49. The van der Waals surface area contributed by atoms with Gasteiger partial charge < -0.3 is 9.73 Å². The second-order valence-electron chi connectivity index (χ2n) is 6.43. The Kier molecular flexibility index (Phi) is 4.84. The quantitative estimate of drug-likeness (QED) is 0.445. The van der Waals surface area contributed by atoms with Gasteiger partial charge in [-0.3, -0.25) is 9.59 Å². The normalized spacial score (nSPS) is 10.8. The van der Waals surface area contributed by atoms with Gasteiger partial charge in [-0.1, -0.05) is 36.4 Å². The third-order valence-electron chi connectivity index (χ3n) is 4.51. The van der Waals surface area contributed by atoms with E-state index in [-0.39, 0.29) is 11.3 Å². The monoisotopic (exact) mass is 433 g/mol. The van der Waals surface area contributed by atoms with Crippen molar-refractivity contribution in [2.45, 2.75) is 6.92 Å². The predicted octanol–water partition coefficient (Wildman–Crippen LogP) is 5.78. The molecule has 4 nitrogen and oxygen atoms in total. The Labute approximate surface area is 170 Å². The number of amides is 1. The molecule has 1 heterocycles. The van der Waals surface area contributed by atoms with Crippen molar-refractivity contribution in [1.82, 2.24) is 0 Å². The molecule has 0 spiro atoms.